The SMILES string of the molecule is O=C(CCCOc1ccccc1[N+](=O)[O-])Nc1ccc([N+](=O)[O-])c(F)c1. The number of nitro benzene ring substituents is 2. The van der Waals surface area contributed by atoms with Gasteiger partial charge in [-0.15, -0.1) is 0 Å². The van der Waals surface area contributed by atoms with Crippen molar-refractivity contribution in [2.75, 3.05) is 11.9 Å². The van der Waals surface area contributed by atoms with Gasteiger partial charge in [0.15, 0.2) is 5.75 Å². The van der Waals surface area contributed by atoms with Gasteiger partial charge in [-0.3, -0.25) is 25.0 Å². The third-order valence-corrected chi connectivity index (χ3v) is 3.30. The topological polar surface area (TPSA) is 125 Å². The number of carbonyl (C=O) groups is 1. The number of anilines is 1. The maximum atomic E-state index is 13.5. The second kappa shape index (κ2) is 8.51. The van der Waals surface area contributed by atoms with Crippen LogP contribution >= 0.6 is 0 Å². The number of para-hydroxylation sites is 2. The first-order valence-electron chi connectivity index (χ1n) is 7.48. The van der Waals surface area contributed by atoms with Crippen LogP contribution in [0.3, 0.4) is 0 Å². The third kappa shape index (κ3) is 4.97. The molecule has 0 aromatic heterocycles. The maximum Gasteiger partial charge on any atom is 0.310 e. The lowest BCUT2D eigenvalue weighted by atomic mass is 10.2. The van der Waals surface area contributed by atoms with Gasteiger partial charge in [-0.05, 0) is 18.6 Å². The molecule has 1 N–H and O–H groups in total. The Bertz CT molecular complexity index is 842. The predicted molar refractivity (Wildman–Crippen MR) is 89.5 cm³/mol. The molecular formula is C16H14FN3O6. The van der Waals surface area contributed by atoms with E-state index in [4.69, 9.17) is 4.74 Å². The first-order chi connectivity index (χ1) is 12.4. The number of rotatable bonds is 8. The molecule has 26 heavy (non-hydrogen) atoms. The van der Waals surface area contributed by atoms with Crippen molar-refractivity contribution in [1.29, 1.82) is 0 Å². The normalized spacial score (nSPS) is 10.2. The standard InChI is InChI=1S/C16H14FN3O6/c17-12-10-11(7-8-13(12)19(22)23)18-16(21)6-3-9-26-15-5-2-1-4-14(15)20(24)25/h1-2,4-5,7-8,10H,3,6,9H2,(H,18,21). The molecule has 0 fully saturated rings. The van der Waals surface area contributed by atoms with E-state index in [2.05, 4.69) is 5.32 Å². The minimum atomic E-state index is -1.05. The van der Waals surface area contributed by atoms with E-state index in [9.17, 15) is 29.4 Å². The van der Waals surface area contributed by atoms with Gasteiger partial charge in [-0.1, -0.05) is 12.1 Å². The molecule has 0 aliphatic rings. The molecule has 136 valence electrons. The summed E-state index contributed by atoms with van der Waals surface area (Å²) < 4.78 is 18.8. The number of benzene rings is 2. The number of carbonyl (C=O) groups excluding carboxylic acids is 1. The first-order valence-corrected chi connectivity index (χ1v) is 7.48. The zero-order valence-corrected chi connectivity index (χ0v) is 13.4. The smallest absolute Gasteiger partial charge is 0.310 e. The van der Waals surface area contributed by atoms with Crippen LogP contribution in [-0.2, 0) is 4.79 Å². The number of hydrogen-bond acceptors (Lipinski definition) is 6. The fraction of sp³-hybridized carbons (Fsp3) is 0.188. The van der Waals surface area contributed by atoms with Crippen molar-refractivity contribution < 1.29 is 23.8 Å². The fourth-order valence-electron chi connectivity index (χ4n) is 2.10. The Morgan fingerprint density at radius 2 is 1.77 bits per heavy atom. The van der Waals surface area contributed by atoms with Gasteiger partial charge < -0.3 is 10.1 Å². The summed E-state index contributed by atoms with van der Waals surface area (Å²) in [6.45, 7) is 0.0763. The van der Waals surface area contributed by atoms with Crippen LogP contribution in [0.25, 0.3) is 0 Å². The summed E-state index contributed by atoms with van der Waals surface area (Å²) in [7, 11) is 0. The number of nitrogens with zero attached hydrogens (tertiary/aromatic N) is 2. The van der Waals surface area contributed by atoms with Crippen molar-refractivity contribution in [2.45, 2.75) is 12.8 Å². The molecule has 0 aliphatic heterocycles. The monoisotopic (exact) mass is 363 g/mol. The second-order valence-corrected chi connectivity index (χ2v) is 5.15. The number of hydrogen-bond donors (Lipinski definition) is 1. The highest BCUT2D eigenvalue weighted by atomic mass is 19.1. The Hall–Kier alpha value is -3.56. The van der Waals surface area contributed by atoms with E-state index < -0.39 is 27.3 Å². The zero-order valence-electron chi connectivity index (χ0n) is 13.4. The second-order valence-electron chi connectivity index (χ2n) is 5.15. The number of amides is 1. The molecule has 0 bridgehead atoms. The Balaban J connectivity index is 1.82. The van der Waals surface area contributed by atoms with E-state index in [0.717, 1.165) is 12.1 Å². The Kier molecular flexibility index (Phi) is 6.15. The number of nitro groups is 2. The van der Waals surface area contributed by atoms with Crippen LogP contribution in [0.15, 0.2) is 42.5 Å². The van der Waals surface area contributed by atoms with Gasteiger partial charge in [-0.2, -0.15) is 4.39 Å². The Morgan fingerprint density at radius 1 is 1.08 bits per heavy atom. The highest BCUT2D eigenvalue weighted by molar-refractivity contribution is 5.90. The van der Waals surface area contributed by atoms with Crippen LogP contribution in [-0.4, -0.2) is 22.4 Å². The van der Waals surface area contributed by atoms with Crippen LogP contribution in [0.5, 0.6) is 5.75 Å². The largest absolute Gasteiger partial charge is 0.487 e. The number of ether oxygens (including phenoxy) is 1. The first kappa shape index (κ1) is 18.8. The van der Waals surface area contributed by atoms with Gasteiger partial charge in [0.1, 0.15) is 0 Å². The van der Waals surface area contributed by atoms with Gasteiger partial charge in [-0.25, -0.2) is 0 Å². The van der Waals surface area contributed by atoms with Crippen LogP contribution in [0.1, 0.15) is 12.8 Å². The van der Waals surface area contributed by atoms with Crippen molar-refractivity contribution in [3.8, 4) is 5.75 Å². The van der Waals surface area contributed by atoms with Gasteiger partial charge in [0.05, 0.1) is 16.5 Å². The lowest BCUT2D eigenvalue weighted by Gasteiger charge is -2.07. The van der Waals surface area contributed by atoms with Crippen molar-refractivity contribution in [3.63, 3.8) is 0 Å². The van der Waals surface area contributed by atoms with Crippen molar-refractivity contribution in [1.82, 2.24) is 0 Å². The quantitative estimate of drug-likeness (QED) is 0.435. The summed E-state index contributed by atoms with van der Waals surface area (Å²) in [5.41, 5.74) is -0.753. The lowest BCUT2D eigenvalue weighted by molar-refractivity contribution is -0.387. The lowest BCUT2D eigenvalue weighted by Crippen LogP contribution is -2.13. The molecule has 0 heterocycles. The summed E-state index contributed by atoms with van der Waals surface area (Å²) in [6, 6.07) is 8.92. The average Bonchev–Trinajstić information content (AvgIpc) is 2.58. The predicted octanol–water partition coefficient (Wildman–Crippen LogP) is 3.44. The fourth-order valence-corrected chi connectivity index (χ4v) is 2.10. The minimum Gasteiger partial charge on any atom is -0.487 e. The average molecular weight is 363 g/mol. The summed E-state index contributed by atoms with van der Waals surface area (Å²) in [5.74, 6) is -1.38. The van der Waals surface area contributed by atoms with E-state index in [1.54, 1.807) is 6.07 Å². The van der Waals surface area contributed by atoms with Crippen molar-refractivity contribution >= 4 is 23.0 Å². The summed E-state index contributed by atoms with van der Waals surface area (Å²) in [4.78, 5) is 31.8. The van der Waals surface area contributed by atoms with E-state index in [1.165, 1.54) is 24.3 Å². The molecule has 0 saturated heterocycles. The van der Waals surface area contributed by atoms with Gasteiger partial charge in [0.25, 0.3) is 0 Å². The molecule has 0 saturated carbocycles. The van der Waals surface area contributed by atoms with Crippen molar-refractivity contribution in [3.05, 3.63) is 68.5 Å². The van der Waals surface area contributed by atoms with Crippen LogP contribution in [0, 0.1) is 26.0 Å². The molecule has 0 atom stereocenters. The van der Waals surface area contributed by atoms with E-state index in [-0.39, 0.29) is 36.6 Å². The highest BCUT2D eigenvalue weighted by Gasteiger charge is 2.15. The van der Waals surface area contributed by atoms with Gasteiger partial charge in [0.2, 0.25) is 11.7 Å². The van der Waals surface area contributed by atoms with Gasteiger partial charge >= 0.3 is 11.4 Å². The summed E-state index contributed by atoms with van der Waals surface area (Å²) >= 11 is 0. The molecule has 0 spiro atoms. The molecule has 2 rings (SSSR count). The van der Waals surface area contributed by atoms with Gasteiger partial charge in [0, 0.05) is 30.3 Å². The molecule has 1 amide bonds. The molecule has 2 aromatic carbocycles. The number of halogens is 1. The summed E-state index contributed by atoms with van der Waals surface area (Å²) in [6.07, 6.45) is 0.298. The molecule has 0 unspecified atom stereocenters. The zero-order chi connectivity index (χ0) is 19.1. The molecular weight excluding hydrogens is 349 g/mol. The molecule has 0 aliphatic carbocycles. The van der Waals surface area contributed by atoms with Crippen LogP contribution in [0.2, 0.25) is 0 Å². The Labute approximate surface area is 146 Å². The molecule has 0 radical (unpaired) electrons. The van der Waals surface area contributed by atoms with E-state index in [0.29, 0.717) is 0 Å². The number of nitrogens with one attached hydrogen (secondary N) is 1. The van der Waals surface area contributed by atoms with Crippen LogP contribution < -0.4 is 10.1 Å². The Morgan fingerprint density at radius 3 is 2.42 bits per heavy atom. The van der Waals surface area contributed by atoms with E-state index in [1.807, 2.05) is 0 Å². The van der Waals surface area contributed by atoms with Crippen LogP contribution in [0.4, 0.5) is 21.5 Å². The minimum absolute atomic E-state index is 0.0270. The third-order valence-electron chi connectivity index (χ3n) is 3.30. The maximum absolute atomic E-state index is 13.5. The van der Waals surface area contributed by atoms with Crippen molar-refractivity contribution in [2.24, 2.45) is 0 Å². The highest BCUT2D eigenvalue weighted by Crippen LogP contribution is 2.26. The van der Waals surface area contributed by atoms with E-state index >= 15 is 0 Å². The molecule has 10 heteroatoms. The summed E-state index contributed by atoms with van der Waals surface area (Å²) in [5, 5.41) is 23.8. The molecule has 9 nitrogen and oxygen atoms in total. The molecule has 2 aromatic rings.